The minimum atomic E-state index is -0.730. The van der Waals surface area contributed by atoms with Gasteiger partial charge in [-0.1, -0.05) is 5.16 Å². The number of piperidine rings is 2. The van der Waals surface area contributed by atoms with Gasteiger partial charge in [-0.05, 0) is 83.7 Å². The summed E-state index contributed by atoms with van der Waals surface area (Å²) in [5.41, 5.74) is 9.33. The number of aromatic nitrogens is 7. The van der Waals surface area contributed by atoms with Crippen LogP contribution in [-0.2, 0) is 19.9 Å². The lowest BCUT2D eigenvalue weighted by atomic mass is 9.94. The molecule has 5 fully saturated rings. The number of ether oxygens (including phenoxy) is 1. The van der Waals surface area contributed by atoms with E-state index in [2.05, 4.69) is 35.6 Å². The molecule has 3 amide bonds. The lowest BCUT2D eigenvalue weighted by Gasteiger charge is -2.43. The first-order valence-electron chi connectivity index (χ1n) is 22.8. The molecule has 19 nitrogen and oxygen atoms in total. The fourth-order valence-corrected chi connectivity index (χ4v) is 9.58. The zero-order chi connectivity index (χ0) is 45.9. The molecule has 21 heteroatoms. The number of anilines is 3. The molecule has 1 atom stereocenters. The Labute approximate surface area is 379 Å². The molecular weight excluding hydrogens is 855 g/mol. The molecule has 1 saturated carbocycles. The summed E-state index contributed by atoms with van der Waals surface area (Å²) in [5, 5.41) is 15.1. The minimum absolute atomic E-state index is 0.0657. The quantitative estimate of drug-likeness (QED) is 0.156. The molecule has 5 aliphatic rings. The zero-order valence-corrected chi connectivity index (χ0v) is 37.3. The number of halogens is 2. The Morgan fingerprint density at radius 3 is 2.30 bits per heavy atom. The highest BCUT2D eigenvalue weighted by molar-refractivity contribution is 6.02. The van der Waals surface area contributed by atoms with E-state index in [9.17, 15) is 14.4 Å². The largest absolute Gasteiger partial charge is 0.448 e. The van der Waals surface area contributed by atoms with E-state index in [0.29, 0.717) is 98.1 Å². The normalized spacial score (nSPS) is 20.5. The number of fused-ring (bicyclic) bond motifs is 1. The molecule has 0 spiro atoms. The highest BCUT2D eigenvalue weighted by Gasteiger charge is 2.38. The maximum Gasteiger partial charge on any atom is 0.409 e. The first-order valence-corrected chi connectivity index (χ1v) is 22.8. The maximum absolute atomic E-state index is 15.3. The number of nitrogens with one attached hydrogen (secondary N) is 2. The van der Waals surface area contributed by atoms with Crippen molar-refractivity contribution in [2.75, 3.05) is 81.5 Å². The van der Waals surface area contributed by atoms with Gasteiger partial charge in [0, 0.05) is 88.2 Å². The van der Waals surface area contributed by atoms with Gasteiger partial charge in [0.15, 0.2) is 28.9 Å². The van der Waals surface area contributed by atoms with Gasteiger partial charge >= 0.3 is 6.09 Å². The van der Waals surface area contributed by atoms with Crippen LogP contribution >= 0.6 is 0 Å². The van der Waals surface area contributed by atoms with Gasteiger partial charge < -0.3 is 30.1 Å². The second-order valence-corrected chi connectivity index (χ2v) is 19.0. The Morgan fingerprint density at radius 1 is 0.924 bits per heavy atom. The average molecular weight is 909 g/mol. The molecule has 4 aromatic heterocycles. The van der Waals surface area contributed by atoms with Crippen molar-refractivity contribution in [2.24, 2.45) is 0 Å². The van der Waals surface area contributed by atoms with E-state index in [1.165, 1.54) is 18.5 Å². The zero-order valence-electron chi connectivity index (χ0n) is 37.3. The van der Waals surface area contributed by atoms with Crippen LogP contribution in [0.15, 0.2) is 35.4 Å². The van der Waals surface area contributed by atoms with Crippen molar-refractivity contribution in [2.45, 2.75) is 88.8 Å². The lowest BCUT2D eigenvalue weighted by Crippen LogP contribution is -2.54. The number of carbonyl (C=O) groups excluding carboxylic acids is 3. The van der Waals surface area contributed by atoms with Crippen LogP contribution < -0.4 is 21.3 Å². The molecule has 348 valence electrons. The highest BCUT2D eigenvalue weighted by atomic mass is 19.1. The molecule has 8 heterocycles. The van der Waals surface area contributed by atoms with Gasteiger partial charge in [-0.25, -0.2) is 38.2 Å². The molecule has 1 aliphatic carbocycles. The summed E-state index contributed by atoms with van der Waals surface area (Å²) in [5.74, 6) is -0.444. The van der Waals surface area contributed by atoms with E-state index in [4.69, 9.17) is 30.1 Å². The number of nitrogens with two attached hydrogens (primary N) is 1. The summed E-state index contributed by atoms with van der Waals surface area (Å²) < 4.78 is 44.0. The van der Waals surface area contributed by atoms with Crippen LogP contribution in [-0.4, -0.2) is 145 Å². The summed E-state index contributed by atoms with van der Waals surface area (Å²) in [7, 11) is 0. The summed E-state index contributed by atoms with van der Waals surface area (Å²) in [6.07, 6.45) is 9.01. The van der Waals surface area contributed by atoms with E-state index in [1.807, 2.05) is 25.5 Å². The summed E-state index contributed by atoms with van der Waals surface area (Å²) in [6, 6.07) is 2.05. The first-order chi connectivity index (χ1) is 31.8. The van der Waals surface area contributed by atoms with Crippen molar-refractivity contribution >= 4 is 46.1 Å². The van der Waals surface area contributed by atoms with Crippen LogP contribution in [0.4, 0.5) is 30.8 Å². The molecule has 0 radical (unpaired) electrons. The molecule has 4 N–H and O–H groups in total. The molecule has 66 heavy (non-hydrogen) atoms. The summed E-state index contributed by atoms with van der Waals surface area (Å²) in [6.45, 7) is 12.2. The Morgan fingerprint density at radius 2 is 1.64 bits per heavy atom. The van der Waals surface area contributed by atoms with Crippen LogP contribution in [0.1, 0.15) is 82.5 Å². The van der Waals surface area contributed by atoms with Gasteiger partial charge in [0.25, 0.3) is 0 Å². The Bertz CT molecular complexity index is 2620. The third kappa shape index (κ3) is 8.60. The molecule has 4 saturated heterocycles. The molecule has 4 aliphatic heterocycles. The van der Waals surface area contributed by atoms with Gasteiger partial charge in [0.05, 0.1) is 16.5 Å². The number of hydrogen-bond acceptors (Lipinski definition) is 16. The van der Waals surface area contributed by atoms with Crippen LogP contribution in [0.5, 0.6) is 0 Å². The summed E-state index contributed by atoms with van der Waals surface area (Å²) in [4.78, 5) is 63.0. The summed E-state index contributed by atoms with van der Waals surface area (Å²) >= 11 is 0. The Balaban J connectivity index is 0.673. The fourth-order valence-electron chi connectivity index (χ4n) is 9.58. The van der Waals surface area contributed by atoms with E-state index in [-0.39, 0.29) is 48.1 Å². The Kier molecular flexibility index (Phi) is 11.5. The number of benzene rings is 1. The number of carbonyl (C=O) groups is 3. The number of nitrogens with zero attached hydrogens (tertiary/aromatic N) is 11. The number of amides is 3. The molecule has 5 aromatic rings. The minimum Gasteiger partial charge on any atom is -0.448 e. The van der Waals surface area contributed by atoms with Crippen molar-refractivity contribution in [3.8, 4) is 22.8 Å². The van der Waals surface area contributed by atoms with Crippen molar-refractivity contribution in [1.29, 1.82) is 0 Å². The number of piperazine rings is 1. The van der Waals surface area contributed by atoms with E-state index in [0.717, 1.165) is 50.1 Å². The van der Waals surface area contributed by atoms with Gasteiger partial charge in [-0.15, -0.1) is 0 Å². The van der Waals surface area contributed by atoms with E-state index < -0.39 is 29.1 Å². The number of rotatable bonds is 11. The van der Waals surface area contributed by atoms with E-state index >= 15 is 8.78 Å². The van der Waals surface area contributed by atoms with Crippen molar-refractivity contribution in [3.05, 3.63) is 53.8 Å². The number of likely N-dealkylation sites (tertiary alicyclic amines) is 2. The fraction of sp³-hybridized carbons (Fsp3) is 0.533. The van der Waals surface area contributed by atoms with Crippen LogP contribution in [0, 0.1) is 11.6 Å². The van der Waals surface area contributed by atoms with Gasteiger partial charge in [0.1, 0.15) is 41.9 Å². The van der Waals surface area contributed by atoms with Crippen molar-refractivity contribution in [1.82, 2.24) is 54.9 Å². The third-order valence-electron chi connectivity index (χ3n) is 13.5. The lowest BCUT2D eigenvalue weighted by molar-refractivity contribution is -0.133. The molecule has 0 bridgehead atoms. The predicted octanol–water partition coefficient (Wildman–Crippen LogP) is 4.47. The standard InChI is InChI=1S/C45H54F2N14O5/c1-45(2,3)61-42-35(40(48)51-24-52-42)36(55-61)37-34(39(66-56-37)25-4-5-25)41-49-20-26(21-50-41)27-22-60(23-27)44(64)65-17-16-57-10-8-29(9-11-57)58-12-14-59(15-13-58)38-30(46)18-28(19-31(38)47)53-32-6-7-33(62)54-43(32)63/h18-21,24-25,27,29,32,53H,4-17,22-23H2,1-3H3,(H2,48,51,52)(H,54,62,63). The predicted molar refractivity (Wildman–Crippen MR) is 238 cm³/mol. The smallest absolute Gasteiger partial charge is 0.409 e. The van der Waals surface area contributed by atoms with Crippen LogP contribution in [0.3, 0.4) is 0 Å². The second-order valence-electron chi connectivity index (χ2n) is 19.0. The van der Waals surface area contributed by atoms with E-state index in [1.54, 1.807) is 22.2 Å². The molecule has 1 aromatic carbocycles. The highest BCUT2D eigenvalue weighted by Crippen LogP contribution is 2.48. The molecule has 10 rings (SSSR count). The monoisotopic (exact) mass is 908 g/mol. The SMILES string of the molecule is CC(C)(C)n1nc(-c2noc(C3CC3)c2-c2ncc(C3CN(C(=O)OCCN4CCC(N5CCN(c6c(F)cc(NC7CCC(=O)NC7=O)cc6F)CC5)CC4)C3)cn2)c2c(N)ncnc21. The van der Waals surface area contributed by atoms with Crippen molar-refractivity contribution in [3.63, 3.8) is 0 Å². The third-order valence-corrected chi connectivity index (χ3v) is 13.5. The van der Waals surface area contributed by atoms with Crippen LogP contribution in [0.2, 0.25) is 0 Å². The number of imide groups is 1. The Hall–Kier alpha value is -6.35. The topological polar surface area (TPSA) is 219 Å². The number of nitrogen functional groups attached to an aromatic ring is 1. The number of hydrogen-bond donors (Lipinski definition) is 3. The molecular formula is C45H54F2N14O5. The van der Waals surface area contributed by atoms with Gasteiger partial charge in [-0.2, -0.15) is 5.10 Å². The maximum atomic E-state index is 15.3. The molecule has 1 unspecified atom stereocenters. The van der Waals surface area contributed by atoms with Crippen LogP contribution in [0.25, 0.3) is 33.8 Å². The second kappa shape index (κ2) is 17.5. The van der Waals surface area contributed by atoms with Gasteiger partial charge in [0.2, 0.25) is 11.8 Å². The van der Waals surface area contributed by atoms with Crippen molar-refractivity contribution < 1.29 is 32.4 Å². The first kappa shape index (κ1) is 43.5. The average Bonchev–Trinajstić information content (AvgIpc) is 3.89. The van der Waals surface area contributed by atoms with Gasteiger partial charge in [-0.3, -0.25) is 24.7 Å².